The molecule has 1 heterocycles. The number of rotatable bonds is 8. The monoisotopic (exact) mass is 412 g/mol. The smallest absolute Gasteiger partial charge is 0.254 e. The molecule has 6 nitrogen and oxygen atoms in total. The van der Waals surface area contributed by atoms with Gasteiger partial charge in [-0.2, -0.15) is 0 Å². The first kappa shape index (κ1) is 21.7. The van der Waals surface area contributed by atoms with Crippen LogP contribution in [0.2, 0.25) is 0 Å². The standard InChI is InChI=1S/C23H25FN2O4/c1-3-16-5-7-20(15(2)22(16)24)30-21-8-9-25-19-6-4-17(14-18(19)21)23(29)26(10-12-27)11-13-28/h4-9,14,27-28H,3,10-13H2,1-2H3. The zero-order valence-electron chi connectivity index (χ0n) is 17.1. The van der Waals surface area contributed by atoms with Gasteiger partial charge in [-0.1, -0.05) is 13.0 Å². The van der Waals surface area contributed by atoms with E-state index in [1.54, 1.807) is 49.5 Å². The first-order valence-electron chi connectivity index (χ1n) is 9.85. The molecule has 0 spiro atoms. The number of carbonyl (C=O) groups is 1. The summed E-state index contributed by atoms with van der Waals surface area (Å²) in [6, 6.07) is 10.1. The Morgan fingerprint density at radius 1 is 1.10 bits per heavy atom. The van der Waals surface area contributed by atoms with Gasteiger partial charge in [0, 0.05) is 35.8 Å². The molecular formula is C23H25FN2O4. The van der Waals surface area contributed by atoms with Crippen LogP contribution in [0.1, 0.15) is 28.4 Å². The summed E-state index contributed by atoms with van der Waals surface area (Å²) >= 11 is 0. The van der Waals surface area contributed by atoms with E-state index < -0.39 is 0 Å². The van der Waals surface area contributed by atoms with Crippen LogP contribution in [0.3, 0.4) is 0 Å². The molecule has 0 unspecified atom stereocenters. The summed E-state index contributed by atoms with van der Waals surface area (Å²) in [5.41, 5.74) is 2.05. The number of fused-ring (bicyclic) bond motifs is 1. The van der Waals surface area contributed by atoms with Crippen molar-refractivity contribution in [1.29, 1.82) is 0 Å². The van der Waals surface area contributed by atoms with Crippen molar-refractivity contribution >= 4 is 16.8 Å². The predicted octanol–water partition coefficient (Wildman–Crippen LogP) is 3.46. The zero-order chi connectivity index (χ0) is 21.7. The Morgan fingerprint density at radius 2 is 1.83 bits per heavy atom. The summed E-state index contributed by atoms with van der Waals surface area (Å²) < 4.78 is 20.5. The van der Waals surface area contributed by atoms with Crippen molar-refractivity contribution in [2.24, 2.45) is 0 Å². The molecule has 0 fully saturated rings. The highest BCUT2D eigenvalue weighted by Gasteiger charge is 2.17. The van der Waals surface area contributed by atoms with Gasteiger partial charge >= 0.3 is 0 Å². The van der Waals surface area contributed by atoms with E-state index in [1.807, 2.05) is 6.92 Å². The third kappa shape index (κ3) is 4.42. The Morgan fingerprint density at radius 3 is 2.50 bits per heavy atom. The molecule has 0 aliphatic rings. The summed E-state index contributed by atoms with van der Waals surface area (Å²) in [6.45, 7) is 3.40. The Labute approximate surface area is 174 Å². The molecule has 0 saturated heterocycles. The van der Waals surface area contributed by atoms with Crippen molar-refractivity contribution in [2.45, 2.75) is 20.3 Å². The molecule has 0 atom stereocenters. The maximum absolute atomic E-state index is 14.5. The van der Waals surface area contributed by atoms with Crippen LogP contribution < -0.4 is 4.74 Å². The van der Waals surface area contributed by atoms with Crippen molar-refractivity contribution < 1.29 is 24.1 Å². The molecule has 1 amide bonds. The normalized spacial score (nSPS) is 11.0. The second-order valence-electron chi connectivity index (χ2n) is 6.90. The van der Waals surface area contributed by atoms with E-state index in [4.69, 9.17) is 4.74 Å². The molecule has 0 saturated carbocycles. The minimum absolute atomic E-state index is 0.121. The number of ether oxygens (including phenoxy) is 1. The van der Waals surface area contributed by atoms with Gasteiger partial charge in [-0.05, 0) is 49.2 Å². The van der Waals surface area contributed by atoms with Crippen molar-refractivity contribution in [3.8, 4) is 11.5 Å². The molecule has 1 aromatic heterocycles. The summed E-state index contributed by atoms with van der Waals surface area (Å²) in [5.74, 6) is 0.255. The molecule has 0 aliphatic carbocycles. The molecule has 7 heteroatoms. The Hall–Kier alpha value is -3.03. The fourth-order valence-corrected chi connectivity index (χ4v) is 3.31. The fourth-order valence-electron chi connectivity index (χ4n) is 3.31. The fraction of sp³-hybridized carbons (Fsp3) is 0.304. The Balaban J connectivity index is 2.00. The number of hydrogen-bond acceptors (Lipinski definition) is 5. The quantitative estimate of drug-likeness (QED) is 0.592. The number of aryl methyl sites for hydroxylation is 1. The van der Waals surface area contributed by atoms with Gasteiger partial charge in [-0.3, -0.25) is 9.78 Å². The van der Waals surface area contributed by atoms with Crippen molar-refractivity contribution in [1.82, 2.24) is 9.88 Å². The second kappa shape index (κ2) is 9.65. The largest absolute Gasteiger partial charge is 0.456 e. The average Bonchev–Trinajstić information content (AvgIpc) is 2.76. The Kier molecular flexibility index (Phi) is 6.97. The van der Waals surface area contributed by atoms with Crippen LogP contribution in [0, 0.1) is 12.7 Å². The topological polar surface area (TPSA) is 82.9 Å². The third-order valence-electron chi connectivity index (χ3n) is 4.99. The minimum Gasteiger partial charge on any atom is -0.456 e. The molecule has 158 valence electrons. The minimum atomic E-state index is -0.315. The number of benzene rings is 2. The molecule has 2 N–H and O–H groups in total. The molecule has 0 bridgehead atoms. The van der Waals surface area contributed by atoms with Gasteiger partial charge in [0.15, 0.2) is 0 Å². The van der Waals surface area contributed by atoms with Gasteiger partial charge in [0.05, 0.1) is 18.7 Å². The highest BCUT2D eigenvalue weighted by molar-refractivity contribution is 5.99. The number of hydrogen-bond donors (Lipinski definition) is 2. The van der Waals surface area contributed by atoms with Crippen molar-refractivity contribution in [2.75, 3.05) is 26.3 Å². The van der Waals surface area contributed by atoms with Gasteiger partial charge in [0.25, 0.3) is 5.91 Å². The predicted molar refractivity (Wildman–Crippen MR) is 112 cm³/mol. The lowest BCUT2D eigenvalue weighted by Gasteiger charge is -2.21. The van der Waals surface area contributed by atoms with Crippen LogP contribution in [0.15, 0.2) is 42.6 Å². The van der Waals surface area contributed by atoms with E-state index in [0.29, 0.717) is 45.5 Å². The molecule has 3 aromatic rings. The lowest BCUT2D eigenvalue weighted by atomic mass is 10.1. The molecule has 0 aliphatic heterocycles. The van der Waals surface area contributed by atoms with E-state index in [1.165, 1.54) is 4.90 Å². The van der Waals surface area contributed by atoms with Crippen LogP contribution in [0.25, 0.3) is 10.9 Å². The number of aliphatic hydroxyl groups is 2. The van der Waals surface area contributed by atoms with Crippen LogP contribution >= 0.6 is 0 Å². The number of halogens is 1. The molecule has 0 radical (unpaired) electrons. The Bertz CT molecular complexity index is 1050. The van der Waals surface area contributed by atoms with E-state index in [0.717, 1.165) is 0 Å². The van der Waals surface area contributed by atoms with Crippen LogP contribution in [-0.4, -0.2) is 52.3 Å². The molecule has 3 rings (SSSR count). The first-order valence-corrected chi connectivity index (χ1v) is 9.85. The SMILES string of the molecule is CCc1ccc(Oc2ccnc3ccc(C(=O)N(CCO)CCO)cc23)c(C)c1F. The summed E-state index contributed by atoms with van der Waals surface area (Å²) in [4.78, 5) is 18.5. The van der Waals surface area contributed by atoms with Crippen LogP contribution in [0.4, 0.5) is 4.39 Å². The first-order chi connectivity index (χ1) is 14.5. The maximum atomic E-state index is 14.5. The number of amides is 1. The van der Waals surface area contributed by atoms with E-state index in [9.17, 15) is 19.4 Å². The van der Waals surface area contributed by atoms with Crippen LogP contribution in [-0.2, 0) is 6.42 Å². The number of aliphatic hydroxyl groups excluding tert-OH is 2. The van der Waals surface area contributed by atoms with E-state index >= 15 is 0 Å². The second-order valence-corrected chi connectivity index (χ2v) is 6.90. The van der Waals surface area contributed by atoms with Crippen molar-refractivity contribution in [3.05, 3.63) is 65.1 Å². The number of nitrogens with zero attached hydrogens (tertiary/aromatic N) is 2. The lowest BCUT2D eigenvalue weighted by molar-refractivity contribution is 0.0685. The van der Waals surface area contributed by atoms with Gasteiger partial charge in [0.2, 0.25) is 0 Å². The van der Waals surface area contributed by atoms with Crippen molar-refractivity contribution in [3.63, 3.8) is 0 Å². The average molecular weight is 412 g/mol. The van der Waals surface area contributed by atoms with Gasteiger partial charge < -0.3 is 19.8 Å². The van der Waals surface area contributed by atoms with E-state index in [2.05, 4.69) is 4.98 Å². The highest BCUT2D eigenvalue weighted by atomic mass is 19.1. The number of pyridine rings is 1. The number of aromatic nitrogens is 1. The zero-order valence-corrected chi connectivity index (χ0v) is 17.1. The summed E-state index contributed by atoms with van der Waals surface area (Å²) in [5, 5.41) is 19.0. The molecular weight excluding hydrogens is 387 g/mol. The number of carbonyl (C=O) groups excluding carboxylic acids is 1. The van der Waals surface area contributed by atoms with Gasteiger partial charge in [-0.15, -0.1) is 0 Å². The molecule has 2 aromatic carbocycles. The summed E-state index contributed by atoms with van der Waals surface area (Å²) in [7, 11) is 0. The van der Waals surface area contributed by atoms with Gasteiger partial charge in [-0.25, -0.2) is 4.39 Å². The highest BCUT2D eigenvalue weighted by Crippen LogP contribution is 2.33. The van der Waals surface area contributed by atoms with Crippen LogP contribution in [0.5, 0.6) is 11.5 Å². The third-order valence-corrected chi connectivity index (χ3v) is 4.99. The maximum Gasteiger partial charge on any atom is 0.254 e. The lowest BCUT2D eigenvalue weighted by Crippen LogP contribution is -2.35. The molecule has 30 heavy (non-hydrogen) atoms. The summed E-state index contributed by atoms with van der Waals surface area (Å²) in [6.07, 6.45) is 2.18. The van der Waals surface area contributed by atoms with E-state index in [-0.39, 0.29) is 38.0 Å². The van der Waals surface area contributed by atoms with Gasteiger partial charge in [0.1, 0.15) is 17.3 Å².